The second-order valence-corrected chi connectivity index (χ2v) is 6.11. The third-order valence-electron chi connectivity index (χ3n) is 3.34. The molecule has 0 bridgehead atoms. The van der Waals surface area contributed by atoms with Crippen LogP contribution in [0.5, 0.6) is 0 Å². The molecule has 1 N–H and O–H groups in total. The Balaban J connectivity index is 2.41. The third kappa shape index (κ3) is 4.00. The van der Waals surface area contributed by atoms with Crippen molar-refractivity contribution in [1.29, 1.82) is 0 Å². The summed E-state index contributed by atoms with van der Waals surface area (Å²) in [7, 11) is 0. The number of nitrogens with one attached hydrogen (secondary N) is 1. The molecule has 2 amide bonds. The first-order valence-corrected chi connectivity index (χ1v) is 6.93. The van der Waals surface area contributed by atoms with Crippen LogP contribution in [0.15, 0.2) is 0 Å². The maximum absolute atomic E-state index is 12.1. The van der Waals surface area contributed by atoms with Crippen LogP contribution in [-0.2, 0) is 9.59 Å². The molecular formula is C14H26N2O2. The van der Waals surface area contributed by atoms with Gasteiger partial charge in [0.05, 0.1) is 0 Å². The predicted octanol–water partition coefficient (Wildman–Crippen LogP) is 1.80. The van der Waals surface area contributed by atoms with Gasteiger partial charge in [-0.3, -0.25) is 9.59 Å². The molecule has 0 saturated carbocycles. The highest BCUT2D eigenvalue weighted by molar-refractivity contribution is 5.82. The largest absolute Gasteiger partial charge is 0.356 e. The van der Waals surface area contributed by atoms with Gasteiger partial charge in [-0.2, -0.15) is 0 Å². The van der Waals surface area contributed by atoms with Crippen LogP contribution in [0, 0.1) is 11.3 Å². The van der Waals surface area contributed by atoms with Gasteiger partial charge in [-0.1, -0.05) is 27.7 Å². The van der Waals surface area contributed by atoms with Crippen LogP contribution >= 0.6 is 0 Å². The number of nitrogens with zero attached hydrogens (tertiary/aromatic N) is 1. The number of hydrogen-bond donors (Lipinski definition) is 1. The Labute approximate surface area is 110 Å². The van der Waals surface area contributed by atoms with Gasteiger partial charge in [0.25, 0.3) is 0 Å². The second kappa shape index (κ2) is 6.21. The minimum atomic E-state index is -0.322. The summed E-state index contributed by atoms with van der Waals surface area (Å²) in [5, 5.41) is 2.93. The van der Waals surface area contributed by atoms with E-state index in [1.165, 1.54) is 0 Å². The van der Waals surface area contributed by atoms with Crippen molar-refractivity contribution in [3.05, 3.63) is 0 Å². The Morgan fingerprint density at radius 1 is 1.22 bits per heavy atom. The molecule has 0 aromatic rings. The summed E-state index contributed by atoms with van der Waals surface area (Å²) in [6, 6.07) is 0. The molecule has 1 aliphatic heterocycles. The summed E-state index contributed by atoms with van der Waals surface area (Å²) in [6.45, 7) is 10.0. The van der Waals surface area contributed by atoms with Gasteiger partial charge in [0.15, 0.2) is 0 Å². The molecule has 0 radical (unpaired) electrons. The van der Waals surface area contributed by atoms with E-state index in [4.69, 9.17) is 0 Å². The number of amides is 2. The van der Waals surface area contributed by atoms with Crippen molar-refractivity contribution in [3.63, 3.8) is 0 Å². The van der Waals surface area contributed by atoms with Crippen molar-refractivity contribution in [2.24, 2.45) is 11.3 Å². The molecule has 1 saturated heterocycles. The van der Waals surface area contributed by atoms with Gasteiger partial charge in [-0.15, -0.1) is 0 Å². The normalized spacial score (nSPS) is 17.7. The molecular weight excluding hydrogens is 228 g/mol. The Bertz CT molecular complexity index is 299. The maximum Gasteiger partial charge on any atom is 0.227 e. The van der Waals surface area contributed by atoms with E-state index in [1.54, 1.807) is 0 Å². The van der Waals surface area contributed by atoms with Gasteiger partial charge in [-0.05, 0) is 19.3 Å². The van der Waals surface area contributed by atoms with E-state index in [2.05, 4.69) is 5.32 Å². The maximum atomic E-state index is 12.1. The molecule has 1 aliphatic rings. The number of carbonyl (C=O) groups is 2. The summed E-state index contributed by atoms with van der Waals surface area (Å²) in [4.78, 5) is 25.8. The SMILES string of the molecule is CCCNC(=O)C1CCN(C(=O)C(C)(C)C)CC1. The van der Waals surface area contributed by atoms with Crippen LogP contribution in [-0.4, -0.2) is 36.3 Å². The number of likely N-dealkylation sites (tertiary alicyclic amines) is 1. The zero-order valence-electron chi connectivity index (χ0n) is 12.1. The summed E-state index contributed by atoms with van der Waals surface area (Å²) in [6.07, 6.45) is 2.54. The van der Waals surface area contributed by atoms with Crippen LogP contribution in [0.25, 0.3) is 0 Å². The van der Waals surface area contributed by atoms with Crippen molar-refractivity contribution in [3.8, 4) is 0 Å². The van der Waals surface area contributed by atoms with Gasteiger partial charge in [0.2, 0.25) is 11.8 Å². The molecule has 0 unspecified atom stereocenters. The van der Waals surface area contributed by atoms with E-state index in [-0.39, 0.29) is 23.1 Å². The zero-order valence-corrected chi connectivity index (χ0v) is 12.1. The van der Waals surface area contributed by atoms with Crippen molar-refractivity contribution in [2.45, 2.75) is 47.0 Å². The Morgan fingerprint density at radius 2 is 1.78 bits per heavy atom. The highest BCUT2D eigenvalue weighted by Crippen LogP contribution is 2.23. The third-order valence-corrected chi connectivity index (χ3v) is 3.34. The van der Waals surface area contributed by atoms with Gasteiger partial charge < -0.3 is 10.2 Å². The first-order chi connectivity index (χ1) is 8.36. The van der Waals surface area contributed by atoms with Gasteiger partial charge >= 0.3 is 0 Å². The Hall–Kier alpha value is -1.06. The second-order valence-electron chi connectivity index (χ2n) is 6.11. The topological polar surface area (TPSA) is 49.4 Å². The minimum absolute atomic E-state index is 0.0839. The molecule has 1 fully saturated rings. The number of hydrogen-bond acceptors (Lipinski definition) is 2. The molecule has 0 aromatic carbocycles. The summed E-state index contributed by atoms with van der Waals surface area (Å²) in [5.41, 5.74) is -0.322. The van der Waals surface area contributed by atoms with Crippen LogP contribution in [0.2, 0.25) is 0 Å². The molecule has 4 heteroatoms. The average molecular weight is 254 g/mol. The fraction of sp³-hybridized carbons (Fsp3) is 0.857. The minimum Gasteiger partial charge on any atom is -0.356 e. The molecule has 0 aromatic heterocycles. The molecule has 0 aliphatic carbocycles. The average Bonchev–Trinajstić information content (AvgIpc) is 2.34. The lowest BCUT2D eigenvalue weighted by atomic mass is 9.90. The Morgan fingerprint density at radius 3 is 2.22 bits per heavy atom. The molecule has 18 heavy (non-hydrogen) atoms. The van der Waals surface area contributed by atoms with Crippen LogP contribution in [0.4, 0.5) is 0 Å². The smallest absolute Gasteiger partial charge is 0.227 e. The zero-order chi connectivity index (χ0) is 13.8. The van der Waals surface area contributed by atoms with E-state index in [9.17, 15) is 9.59 Å². The first kappa shape index (κ1) is 15.0. The van der Waals surface area contributed by atoms with E-state index < -0.39 is 0 Å². The van der Waals surface area contributed by atoms with E-state index in [1.807, 2.05) is 32.6 Å². The highest BCUT2D eigenvalue weighted by Gasteiger charge is 2.32. The van der Waals surface area contributed by atoms with Gasteiger partial charge in [0, 0.05) is 31.0 Å². The molecule has 104 valence electrons. The van der Waals surface area contributed by atoms with E-state index in [0.717, 1.165) is 25.8 Å². The summed E-state index contributed by atoms with van der Waals surface area (Å²) < 4.78 is 0. The van der Waals surface area contributed by atoms with E-state index >= 15 is 0 Å². The molecule has 1 heterocycles. The summed E-state index contributed by atoms with van der Waals surface area (Å²) >= 11 is 0. The lowest BCUT2D eigenvalue weighted by Crippen LogP contribution is -2.46. The number of rotatable bonds is 3. The molecule has 0 atom stereocenters. The van der Waals surface area contributed by atoms with Gasteiger partial charge in [0.1, 0.15) is 0 Å². The fourth-order valence-electron chi connectivity index (χ4n) is 2.21. The quantitative estimate of drug-likeness (QED) is 0.835. The highest BCUT2D eigenvalue weighted by atomic mass is 16.2. The lowest BCUT2D eigenvalue weighted by Gasteiger charge is -2.35. The fourth-order valence-corrected chi connectivity index (χ4v) is 2.21. The molecule has 0 spiro atoms. The van der Waals surface area contributed by atoms with Gasteiger partial charge in [-0.25, -0.2) is 0 Å². The predicted molar refractivity (Wildman–Crippen MR) is 72.1 cm³/mol. The monoisotopic (exact) mass is 254 g/mol. The van der Waals surface area contributed by atoms with Crippen LogP contribution in [0.1, 0.15) is 47.0 Å². The van der Waals surface area contributed by atoms with Crippen molar-refractivity contribution in [1.82, 2.24) is 10.2 Å². The molecule has 4 nitrogen and oxygen atoms in total. The standard InChI is InChI=1S/C14H26N2O2/c1-5-8-15-12(17)11-6-9-16(10-7-11)13(18)14(2,3)4/h11H,5-10H2,1-4H3,(H,15,17). The van der Waals surface area contributed by atoms with E-state index in [0.29, 0.717) is 13.1 Å². The Kier molecular flexibility index (Phi) is 5.17. The van der Waals surface area contributed by atoms with Crippen molar-refractivity contribution in [2.75, 3.05) is 19.6 Å². The van der Waals surface area contributed by atoms with Crippen molar-refractivity contribution < 1.29 is 9.59 Å². The molecule has 1 rings (SSSR count). The van der Waals surface area contributed by atoms with Crippen LogP contribution < -0.4 is 5.32 Å². The number of piperidine rings is 1. The lowest BCUT2D eigenvalue weighted by molar-refractivity contribution is -0.142. The van der Waals surface area contributed by atoms with Crippen LogP contribution in [0.3, 0.4) is 0 Å². The van der Waals surface area contributed by atoms with Crippen molar-refractivity contribution >= 4 is 11.8 Å². The summed E-state index contributed by atoms with van der Waals surface area (Å²) in [5.74, 6) is 0.426. The first-order valence-electron chi connectivity index (χ1n) is 6.93. The number of carbonyl (C=O) groups excluding carboxylic acids is 2.